The molecule has 0 unspecified atom stereocenters. The number of benzene rings is 2. The molecular formula is C24H30F2IN3O. The van der Waals surface area contributed by atoms with Gasteiger partial charge in [-0.1, -0.05) is 24.3 Å². The molecule has 2 aromatic rings. The van der Waals surface area contributed by atoms with E-state index in [4.69, 9.17) is 4.74 Å². The fourth-order valence-electron chi connectivity index (χ4n) is 4.41. The predicted octanol–water partition coefficient (Wildman–Crippen LogP) is 4.53. The fourth-order valence-corrected chi connectivity index (χ4v) is 4.41. The summed E-state index contributed by atoms with van der Waals surface area (Å²) in [6, 6.07) is 13.7. The Morgan fingerprint density at radius 2 is 1.35 bits per heavy atom. The average Bonchev–Trinajstić information content (AvgIpc) is 3.56. The highest BCUT2D eigenvalue weighted by atomic mass is 127. The van der Waals surface area contributed by atoms with Crippen LogP contribution in [-0.2, 0) is 15.6 Å². The summed E-state index contributed by atoms with van der Waals surface area (Å²) >= 11 is 0. The summed E-state index contributed by atoms with van der Waals surface area (Å²) < 4.78 is 33.1. The molecule has 0 spiro atoms. The van der Waals surface area contributed by atoms with Gasteiger partial charge in [0.2, 0.25) is 0 Å². The first-order valence-electron chi connectivity index (χ1n) is 10.6. The maximum Gasteiger partial charge on any atom is 0.191 e. The SMILES string of the molecule is CN=C(NCC1(c2cccc(F)c2)CCOCC1)NCC1(c2cccc(F)c2)CC1.I. The Hall–Kier alpha value is -1.74. The summed E-state index contributed by atoms with van der Waals surface area (Å²) in [6.07, 6.45) is 3.72. The van der Waals surface area contributed by atoms with Gasteiger partial charge in [-0.05, 0) is 61.1 Å². The van der Waals surface area contributed by atoms with Crippen molar-refractivity contribution in [2.45, 2.75) is 36.5 Å². The van der Waals surface area contributed by atoms with E-state index in [1.807, 2.05) is 12.1 Å². The second kappa shape index (κ2) is 10.3. The molecule has 2 aromatic carbocycles. The number of hydrogen-bond acceptors (Lipinski definition) is 2. The Kier molecular flexibility index (Phi) is 7.91. The Morgan fingerprint density at radius 3 is 1.77 bits per heavy atom. The molecule has 4 rings (SSSR count). The molecule has 7 heteroatoms. The van der Waals surface area contributed by atoms with Crippen molar-refractivity contribution in [3.63, 3.8) is 0 Å². The zero-order valence-electron chi connectivity index (χ0n) is 17.8. The zero-order chi connectivity index (χ0) is 21.0. The molecule has 1 aliphatic carbocycles. The number of nitrogens with one attached hydrogen (secondary N) is 2. The highest BCUT2D eigenvalue weighted by Gasteiger charge is 2.44. The van der Waals surface area contributed by atoms with Crippen molar-refractivity contribution in [2.75, 3.05) is 33.4 Å². The Bertz CT molecular complexity index is 911. The molecule has 1 aliphatic heterocycles. The van der Waals surface area contributed by atoms with E-state index in [9.17, 15) is 8.78 Å². The second-order valence-electron chi connectivity index (χ2n) is 8.47. The molecular weight excluding hydrogens is 511 g/mol. The molecule has 4 nitrogen and oxygen atoms in total. The molecule has 0 atom stereocenters. The second-order valence-corrected chi connectivity index (χ2v) is 8.47. The van der Waals surface area contributed by atoms with Crippen LogP contribution in [0.5, 0.6) is 0 Å². The van der Waals surface area contributed by atoms with Crippen molar-refractivity contribution < 1.29 is 13.5 Å². The van der Waals surface area contributed by atoms with Crippen LogP contribution >= 0.6 is 24.0 Å². The minimum absolute atomic E-state index is 0. The lowest BCUT2D eigenvalue weighted by molar-refractivity contribution is 0.0513. The van der Waals surface area contributed by atoms with Gasteiger partial charge < -0.3 is 15.4 Å². The quantitative estimate of drug-likeness (QED) is 0.321. The number of halogens is 3. The molecule has 168 valence electrons. The third-order valence-electron chi connectivity index (χ3n) is 6.59. The van der Waals surface area contributed by atoms with Gasteiger partial charge in [-0.15, -0.1) is 24.0 Å². The summed E-state index contributed by atoms with van der Waals surface area (Å²) in [5.74, 6) is 0.296. The van der Waals surface area contributed by atoms with Crippen LogP contribution in [0.15, 0.2) is 53.5 Å². The van der Waals surface area contributed by atoms with Crippen molar-refractivity contribution in [1.82, 2.24) is 10.6 Å². The van der Waals surface area contributed by atoms with Crippen LogP contribution in [-0.4, -0.2) is 39.3 Å². The lowest BCUT2D eigenvalue weighted by atomic mass is 9.74. The van der Waals surface area contributed by atoms with Gasteiger partial charge in [-0.2, -0.15) is 0 Å². The van der Waals surface area contributed by atoms with Gasteiger partial charge in [-0.25, -0.2) is 8.78 Å². The molecule has 2 aliphatic rings. The van der Waals surface area contributed by atoms with Gasteiger partial charge in [0, 0.05) is 44.2 Å². The number of rotatable bonds is 6. The average molecular weight is 541 g/mol. The maximum atomic E-state index is 13.9. The molecule has 2 N–H and O–H groups in total. The van der Waals surface area contributed by atoms with E-state index in [2.05, 4.69) is 15.6 Å². The predicted molar refractivity (Wildman–Crippen MR) is 130 cm³/mol. The molecule has 2 fully saturated rings. The van der Waals surface area contributed by atoms with E-state index in [0.717, 1.165) is 36.8 Å². The summed E-state index contributed by atoms with van der Waals surface area (Å²) in [5, 5.41) is 6.87. The third kappa shape index (κ3) is 5.55. The van der Waals surface area contributed by atoms with E-state index in [1.165, 1.54) is 12.1 Å². The summed E-state index contributed by atoms with van der Waals surface area (Å²) in [7, 11) is 1.75. The summed E-state index contributed by atoms with van der Waals surface area (Å²) in [4.78, 5) is 4.37. The van der Waals surface area contributed by atoms with Gasteiger partial charge in [0.15, 0.2) is 5.96 Å². The molecule has 1 saturated heterocycles. The van der Waals surface area contributed by atoms with Crippen molar-refractivity contribution in [1.29, 1.82) is 0 Å². The molecule has 31 heavy (non-hydrogen) atoms. The molecule has 0 bridgehead atoms. The van der Waals surface area contributed by atoms with Gasteiger partial charge in [-0.3, -0.25) is 4.99 Å². The van der Waals surface area contributed by atoms with Gasteiger partial charge in [0.1, 0.15) is 11.6 Å². The Balaban J connectivity index is 0.00000272. The zero-order valence-corrected chi connectivity index (χ0v) is 20.1. The van der Waals surface area contributed by atoms with E-state index < -0.39 is 0 Å². The van der Waals surface area contributed by atoms with Crippen LogP contribution in [0.1, 0.15) is 36.8 Å². The van der Waals surface area contributed by atoms with Gasteiger partial charge in [0.05, 0.1) is 0 Å². The van der Waals surface area contributed by atoms with Crippen molar-refractivity contribution in [3.05, 3.63) is 71.3 Å². The van der Waals surface area contributed by atoms with Crippen LogP contribution < -0.4 is 10.6 Å². The summed E-state index contributed by atoms with van der Waals surface area (Å²) in [6.45, 7) is 2.67. The van der Waals surface area contributed by atoms with Crippen molar-refractivity contribution in [2.24, 2.45) is 4.99 Å². The first-order valence-corrected chi connectivity index (χ1v) is 10.6. The minimum Gasteiger partial charge on any atom is -0.381 e. The molecule has 0 aromatic heterocycles. The number of aliphatic imine (C=N–C) groups is 1. The topological polar surface area (TPSA) is 45.7 Å². The van der Waals surface area contributed by atoms with E-state index >= 15 is 0 Å². The van der Waals surface area contributed by atoms with Gasteiger partial charge in [0.25, 0.3) is 0 Å². The van der Waals surface area contributed by atoms with E-state index in [-0.39, 0.29) is 46.4 Å². The molecule has 0 radical (unpaired) electrons. The minimum atomic E-state index is -0.216. The largest absolute Gasteiger partial charge is 0.381 e. The smallest absolute Gasteiger partial charge is 0.191 e. The fraction of sp³-hybridized carbons (Fsp3) is 0.458. The van der Waals surface area contributed by atoms with E-state index in [1.54, 1.807) is 31.3 Å². The van der Waals surface area contributed by atoms with Crippen LogP contribution in [0.2, 0.25) is 0 Å². The maximum absolute atomic E-state index is 13.9. The summed E-state index contributed by atoms with van der Waals surface area (Å²) in [5.41, 5.74) is 1.80. The number of guanidine groups is 1. The highest BCUT2D eigenvalue weighted by Crippen LogP contribution is 2.47. The van der Waals surface area contributed by atoms with Crippen LogP contribution in [0.25, 0.3) is 0 Å². The van der Waals surface area contributed by atoms with Crippen molar-refractivity contribution in [3.8, 4) is 0 Å². The number of ether oxygens (including phenoxy) is 1. The normalized spacial score (nSPS) is 19.3. The number of nitrogens with zero attached hydrogens (tertiary/aromatic N) is 1. The molecule has 1 heterocycles. The van der Waals surface area contributed by atoms with E-state index in [0.29, 0.717) is 32.3 Å². The Labute approximate surface area is 199 Å². The lowest BCUT2D eigenvalue weighted by Gasteiger charge is -2.38. The third-order valence-corrected chi connectivity index (χ3v) is 6.59. The number of hydrogen-bond donors (Lipinski definition) is 2. The monoisotopic (exact) mass is 541 g/mol. The van der Waals surface area contributed by atoms with Crippen LogP contribution in [0.3, 0.4) is 0 Å². The van der Waals surface area contributed by atoms with Crippen molar-refractivity contribution >= 4 is 29.9 Å². The molecule has 0 amide bonds. The lowest BCUT2D eigenvalue weighted by Crippen LogP contribution is -2.49. The first kappa shape index (κ1) is 23.9. The van der Waals surface area contributed by atoms with Gasteiger partial charge >= 0.3 is 0 Å². The van der Waals surface area contributed by atoms with Crippen LogP contribution in [0, 0.1) is 11.6 Å². The van der Waals surface area contributed by atoms with Crippen LogP contribution in [0.4, 0.5) is 8.78 Å². The standard InChI is InChI=1S/C24H29F2N3O.HI/c1-27-22(28-16-23(8-9-23)18-4-2-6-20(25)14-18)29-17-24(10-12-30-13-11-24)19-5-3-7-21(26)15-19;/h2-7,14-15H,8-13,16-17H2,1H3,(H2,27,28,29);1H. The first-order chi connectivity index (χ1) is 14.6. The Morgan fingerprint density at radius 1 is 0.871 bits per heavy atom. The highest BCUT2D eigenvalue weighted by molar-refractivity contribution is 14.0. The molecule has 1 saturated carbocycles.